The van der Waals surface area contributed by atoms with E-state index in [0.717, 1.165) is 32.1 Å². The number of nitrogens with zero attached hydrogens (tertiary/aromatic N) is 1. The summed E-state index contributed by atoms with van der Waals surface area (Å²) in [6, 6.07) is 4.53. The van der Waals surface area contributed by atoms with E-state index in [-0.39, 0.29) is 5.92 Å². The molecule has 0 bridgehead atoms. The fourth-order valence-electron chi connectivity index (χ4n) is 6.26. The normalized spacial score (nSPS) is 38.7. The van der Waals surface area contributed by atoms with Gasteiger partial charge in [0.15, 0.2) is 6.23 Å². The van der Waals surface area contributed by atoms with Crippen molar-refractivity contribution in [3.05, 3.63) is 40.4 Å². The van der Waals surface area contributed by atoms with Crippen molar-refractivity contribution in [3.8, 4) is 0 Å². The molecule has 1 saturated carbocycles. The summed E-state index contributed by atoms with van der Waals surface area (Å²) in [5.74, 6) is -0.962. The van der Waals surface area contributed by atoms with Crippen LogP contribution in [0, 0.1) is 17.8 Å². The number of carbonyl (C=O) groups is 1. The number of anilines is 1. The van der Waals surface area contributed by atoms with Gasteiger partial charge in [-0.15, -0.1) is 0 Å². The summed E-state index contributed by atoms with van der Waals surface area (Å²) in [5, 5.41) is 27.3. The first-order chi connectivity index (χ1) is 13.9. The number of hydrogen-bond donors (Lipinski definition) is 3. The van der Waals surface area contributed by atoms with Gasteiger partial charge < -0.3 is 10.2 Å². The molecule has 29 heavy (non-hydrogen) atoms. The first-order valence-electron chi connectivity index (χ1n) is 10.5. The highest BCUT2D eigenvalue weighted by Gasteiger charge is 2.64. The number of carboxylic acids is 1. The Morgan fingerprint density at radius 2 is 2.10 bits per heavy atom. The van der Waals surface area contributed by atoms with Gasteiger partial charge in [0.25, 0.3) is 0 Å². The van der Waals surface area contributed by atoms with Gasteiger partial charge in [-0.3, -0.25) is 20.0 Å². The minimum Gasteiger partial charge on any atom is -0.480 e. The van der Waals surface area contributed by atoms with Gasteiger partial charge in [0.2, 0.25) is 0 Å². The average molecular weight is 419 g/mol. The summed E-state index contributed by atoms with van der Waals surface area (Å²) in [6.45, 7) is 0. The first kappa shape index (κ1) is 19.4. The van der Waals surface area contributed by atoms with Crippen LogP contribution < -0.4 is 10.4 Å². The zero-order valence-corrected chi connectivity index (χ0v) is 17.2. The average Bonchev–Trinajstić information content (AvgIpc) is 3.01. The molecule has 3 N–H and O–H groups in total. The minimum absolute atomic E-state index is 0.0106. The van der Waals surface area contributed by atoms with Crippen LogP contribution in [0.1, 0.15) is 44.1 Å². The van der Waals surface area contributed by atoms with E-state index in [1.54, 1.807) is 13.1 Å². The van der Waals surface area contributed by atoms with Gasteiger partial charge in [0.05, 0.1) is 10.7 Å². The van der Waals surface area contributed by atoms with Crippen molar-refractivity contribution in [1.29, 1.82) is 0 Å². The summed E-state index contributed by atoms with van der Waals surface area (Å²) < 4.78 is 0. The lowest BCUT2D eigenvalue weighted by molar-refractivity contribution is -0.151. The van der Waals surface area contributed by atoms with Crippen molar-refractivity contribution < 1.29 is 19.8 Å². The molecule has 6 nitrogen and oxygen atoms in total. The Bertz CT molecular complexity index is 874. The molecule has 2 fully saturated rings. The molecule has 0 radical (unpaired) electrons. The second-order valence-electron chi connectivity index (χ2n) is 8.82. The number of halogens is 1. The topological polar surface area (TPSA) is 82.0 Å². The maximum atomic E-state index is 12.3. The van der Waals surface area contributed by atoms with Gasteiger partial charge in [-0.05, 0) is 50.0 Å². The minimum atomic E-state index is -1.47. The number of rotatable bonds is 2. The van der Waals surface area contributed by atoms with Crippen LogP contribution in [0.25, 0.3) is 0 Å². The first-order valence-corrected chi connectivity index (χ1v) is 10.9. The molecule has 3 unspecified atom stereocenters. The number of para-hydroxylation sites is 1. The van der Waals surface area contributed by atoms with Crippen LogP contribution in [0.5, 0.6) is 0 Å². The van der Waals surface area contributed by atoms with Crippen molar-refractivity contribution in [2.45, 2.75) is 56.4 Å². The third-order valence-corrected chi connectivity index (χ3v) is 7.70. The van der Waals surface area contributed by atoms with Crippen molar-refractivity contribution in [1.82, 2.24) is 5.32 Å². The molecule has 4 aliphatic rings. The molecule has 1 saturated heterocycles. The number of hydroxylamine groups is 1. The van der Waals surface area contributed by atoms with Crippen LogP contribution >= 0.6 is 11.6 Å². The molecule has 2 heterocycles. The van der Waals surface area contributed by atoms with Crippen LogP contribution in [0.2, 0.25) is 5.02 Å². The van der Waals surface area contributed by atoms with Gasteiger partial charge in [-0.25, -0.2) is 0 Å². The van der Waals surface area contributed by atoms with Crippen LogP contribution in [0.4, 0.5) is 5.69 Å². The number of aliphatic hydroxyl groups is 1. The molecule has 5 rings (SSSR count). The molecular weight excluding hydrogens is 392 g/mol. The second kappa shape index (κ2) is 6.98. The van der Waals surface area contributed by atoms with Crippen LogP contribution in [-0.2, 0) is 15.2 Å². The number of benzene rings is 1. The number of hydrogen-bond acceptors (Lipinski definition) is 5. The molecule has 7 heteroatoms. The van der Waals surface area contributed by atoms with Gasteiger partial charge >= 0.3 is 5.97 Å². The Kier molecular flexibility index (Phi) is 4.66. The number of nitrogens with one attached hydrogen (secondary N) is 1. The molecular formula is C22H27ClN2O4. The largest absolute Gasteiger partial charge is 0.480 e. The van der Waals surface area contributed by atoms with Crippen molar-refractivity contribution >= 4 is 23.3 Å². The zero-order valence-electron chi connectivity index (χ0n) is 16.5. The predicted octanol–water partition coefficient (Wildman–Crippen LogP) is 3.43. The fourth-order valence-corrected chi connectivity index (χ4v) is 6.55. The summed E-state index contributed by atoms with van der Waals surface area (Å²) in [7, 11) is 1.73. The van der Waals surface area contributed by atoms with E-state index >= 15 is 0 Å². The summed E-state index contributed by atoms with van der Waals surface area (Å²) in [5.41, 5.74) is 1.12. The van der Waals surface area contributed by atoms with E-state index in [4.69, 9.17) is 16.4 Å². The van der Waals surface area contributed by atoms with E-state index in [1.807, 2.05) is 12.1 Å². The van der Waals surface area contributed by atoms with Crippen molar-refractivity contribution in [2.75, 3.05) is 12.1 Å². The Morgan fingerprint density at radius 1 is 1.31 bits per heavy atom. The van der Waals surface area contributed by atoms with Gasteiger partial charge in [0.1, 0.15) is 11.6 Å². The van der Waals surface area contributed by atoms with Gasteiger partial charge in [-0.2, -0.15) is 0 Å². The lowest BCUT2D eigenvalue weighted by Crippen LogP contribution is -2.54. The molecule has 0 spiro atoms. The molecule has 156 valence electrons. The molecule has 0 amide bonds. The predicted molar refractivity (Wildman–Crippen MR) is 109 cm³/mol. The third kappa shape index (κ3) is 2.76. The summed E-state index contributed by atoms with van der Waals surface area (Å²) >= 11 is 6.45. The maximum absolute atomic E-state index is 12.3. The SMILES string of the molecule is CN1O[C@H]2N[C@H](C(=O)O)C(C3CCCC4CCCC=C43)[C@@]2(O)c2cccc(Cl)c21. The number of fused-ring (bicyclic) bond motifs is 4. The molecule has 0 aromatic heterocycles. The maximum Gasteiger partial charge on any atom is 0.321 e. The van der Waals surface area contributed by atoms with E-state index in [0.29, 0.717) is 22.2 Å². The standard InChI is InChI=1S/C22H27ClN2O4/c1-25-19-15(10-5-11-16(19)23)22(28)17(18(20(26)27)24-21(22)29-25)14-9-4-7-12-6-2-3-8-13(12)14/h5,8,10-12,14,17-18,21,24,28H,2-4,6-7,9H2,1H3,(H,26,27)/t12?,14?,17?,18-,21+,22-/m0/s1. The van der Waals surface area contributed by atoms with Crippen molar-refractivity contribution in [2.24, 2.45) is 17.8 Å². The lowest BCUT2D eigenvalue weighted by Gasteiger charge is -2.47. The van der Waals surface area contributed by atoms with Gasteiger partial charge in [-0.1, -0.05) is 41.8 Å². The van der Waals surface area contributed by atoms with Crippen LogP contribution in [-0.4, -0.2) is 35.5 Å². The number of allylic oxidation sites excluding steroid dienone is 2. The molecule has 1 aromatic carbocycles. The molecule has 2 aliphatic carbocycles. The summed E-state index contributed by atoms with van der Waals surface area (Å²) in [6.07, 6.45) is 7.94. The quantitative estimate of drug-likeness (QED) is 0.638. The fraction of sp³-hybridized carbons (Fsp3) is 0.591. The molecule has 2 aliphatic heterocycles. The van der Waals surface area contributed by atoms with E-state index in [1.165, 1.54) is 17.1 Å². The van der Waals surface area contributed by atoms with Crippen LogP contribution in [0.3, 0.4) is 0 Å². The van der Waals surface area contributed by atoms with E-state index in [9.17, 15) is 15.0 Å². The number of aliphatic carboxylic acids is 1. The highest BCUT2D eigenvalue weighted by atomic mass is 35.5. The molecule has 6 atom stereocenters. The smallest absolute Gasteiger partial charge is 0.321 e. The second-order valence-corrected chi connectivity index (χ2v) is 9.23. The van der Waals surface area contributed by atoms with E-state index < -0.39 is 29.8 Å². The third-order valence-electron chi connectivity index (χ3n) is 7.40. The zero-order chi connectivity index (χ0) is 20.3. The van der Waals surface area contributed by atoms with Crippen LogP contribution in [0.15, 0.2) is 29.8 Å². The highest BCUT2D eigenvalue weighted by Crippen LogP contribution is 2.56. The van der Waals surface area contributed by atoms with Crippen molar-refractivity contribution in [3.63, 3.8) is 0 Å². The monoisotopic (exact) mass is 418 g/mol. The Balaban J connectivity index is 1.67. The summed E-state index contributed by atoms with van der Waals surface area (Å²) in [4.78, 5) is 18.2. The lowest BCUT2D eigenvalue weighted by atomic mass is 9.61. The van der Waals surface area contributed by atoms with E-state index in [2.05, 4.69) is 11.4 Å². The Labute approximate surface area is 175 Å². The highest BCUT2D eigenvalue weighted by molar-refractivity contribution is 6.33. The number of carboxylic acid groups (broad SMARTS) is 1. The molecule has 1 aromatic rings. The Hall–Kier alpha value is -1.60. The van der Waals surface area contributed by atoms with Gasteiger partial charge in [0, 0.05) is 18.5 Å². The Morgan fingerprint density at radius 3 is 2.90 bits per heavy atom.